The smallest absolute Gasteiger partial charge is 0.0249 e. The van der Waals surface area contributed by atoms with Crippen LogP contribution in [0.25, 0.3) is 0 Å². The van der Waals surface area contributed by atoms with Gasteiger partial charge >= 0.3 is 0 Å². The predicted octanol–water partition coefficient (Wildman–Crippen LogP) is 3.42. The fourth-order valence-electron chi connectivity index (χ4n) is 3.92. The maximum absolute atomic E-state index is 3.80. The molecule has 1 aliphatic carbocycles. The largest absolute Gasteiger partial charge is 0.312 e. The fourth-order valence-corrected chi connectivity index (χ4v) is 3.92. The first-order valence-electron chi connectivity index (χ1n) is 8.32. The van der Waals surface area contributed by atoms with Crippen molar-refractivity contribution in [2.45, 2.75) is 77.3 Å². The molecule has 1 aliphatic heterocycles. The fraction of sp³-hybridized carbons (Fsp3) is 1.00. The number of nitrogens with zero attached hydrogens (tertiary/aromatic N) is 1. The van der Waals surface area contributed by atoms with Crippen LogP contribution in [0.5, 0.6) is 0 Å². The molecule has 1 N–H and O–H groups in total. The monoisotopic (exact) mass is 252 g/mol. The van der Waals surface area contributed by atoms with Crippen LogP contribution in [-0.4, -0.2) is 36.6 Å². The first kappa shape index (κ1) is 14.3. The van der Waals surface area contributed by atoms with E-state index in [4.69, 9.17) is 0 Å². The Bertz CT molecular complexity index is 229. The summed E-state index contributed by atoms with van der Waals surface area (Å²) in [7, 11) is 0. The normalized spacial score (nSPS) is 34.0. The minimum atomic E-state index is 0.777. The first-order valence-corrected chi connectivity index (χ1v) is 8.32. The van der Waals surface area contributed by atoms with Gasteiger partial charge in [0.2, 0.25) is 0 Å². The van der Waals surface area contributed by atoms with Gasteiger partial charge in [-0.2, -0.15) is 0 Å². The summed E-state index contributed by atoms with van der Waals surface area (Å²) < 4.78 is 0. The van der Waals surface area contributed by atoms with Crippen molar-refractivity contribution in [3.05, 3.63) is 0 Å². The summed E-state index contributed by atoms with van der Waals surface area (Å²) in [4.78, 5) is 2.81. The molecule has 2 aliphatic rings. The zero-order chi connectivity index (χ0) is 12.8. The molecule has 1 heterocycles. The molecule has 0 radical (unpaired) electrons. The average molecular weight is 252 g/mol. The number of hydrogen-bond donors (Lipinski definition) is 1. The lowest BCUT2D eigenvalue weighted by Gasteiger charge is -2.38. The van der Waals surface area contributed by atoms with Crippen LogP contribution in [0.15, 0.2) is 0 Å². The molecule has 2 rings (SSSR count). The van der Waals surface area contributed by atoms with Gasteiger partial charge in [0, 0.05) is 18.6 Å². The molecule has 2 fully saturated rings. The third-order valence-electron chi connectivity index (χ3n) is 4.87. The lowest BCUT2D eigenvalue weighted by Crippen LogP contribution is -2.51. The molecule has 18 heavy (non-hydrogen) atoms. The summed E-state index contributed by atoms with van der Waals surface area (Å²) in [5.74, 6) is 0.990. The molecule has 0 spiro atoms. The molecule has 106 valence electrons. The highest BCUT2D eigenvalue weighted by Gasteiger charge is 2.33. The second kappa shape index (κ2) is 7.49. The predicted molar refractivity (Wildman–Crippen MR) is 78.9 cm³/mol. The van der Waals surface area contributed by atoms with E-state index in [0.717, 1.165) is 18.0 Å². The van der Waals surface area contributed by atoms with Crippen molar-refractivity contribution in [3.63, 3.8) is 0 Å². The summed E-state index contributed by atoms with van der Waals surface area (Å²) in [5, 5.41) is 3.80. The van der Waals surface area contributed by atoms with E-state index in [9.17, 15) is 0 Å². The molecule has 2 heteroatoms. The summed E-state index contributed by atoms with van der Waals surface area (Å²) in [6, 6.07) is 1.62. The van der Waals surface area contributed by atoms with E-state index >= 15 is 0 Å². The molecule has 3 atom stereocenters. The second-order valence-electron chi connectivity index (χ2n) is 6.35. The van der Waals surface area contributed by atoms with E-state index in [0.29, 0.717) is 0 Å². The van der Waals surface area contributed by atoms with Gasteiger partial charge in [0.05, 0.1) is 0 Å². The minimum absolute atomic E-state index is 0.777. The quantitative estimate of drug-likeness (QED) is 0.779. The Labute approximate surface area is 114 Å². The highest BCUT2D eigenvalue weighted by atomic mass is 15.2. The van der Waals surface area contributed by atoms with Gasteiger partial charge in [-0.25, -0.2) is 0 Å². The first-order chi connectivity index (χ1) is 8.85. The Morgan fingerprint density at radius 1 is 1.06 bits per heavy atom. The molecule has 0 bridgehead atoms. The maximum Gasteiger partial charge on any atom is 0.0249 e. The summed E-state index contributed by atoms with van der Waals surface area (Å²) in [6.45, 7) is 8.54. The van der Waals surface area contributed by atoms with Crippen LogP contribution in [0.3, 0.4) is 0 Å². The maximum atomic E-state index is 3.80. The van der Waals surface area contributed by atoms with Gasteiger partial charge in [0.25, 0.3) is 0 Å². The zero-order valence-electron chi connectivity index (χ0n) is 12.5. The van der Waals surface area contributed by atoms with Gasteiger partial charge in [0.1, 0.15) is 0 Å². The Morgan fingerprint density at radius 3 is 2.67 bits per heavy atom. The third-order valence-corrected chi connectivity index (χ3v) is 4.87. The van der Waals surface area contributed by atoms with Crippen LogP contribution < -0.4 is 5.32 Å². The average Bonchev–Trinajstić information content (AvgIpc) is 2.86. The van der Waals surface area contributed by atoms with E-state index < -0.39 is 0 Å². The van der Waals surface area contributed by atoms with Crippen molar-refractivity contribution in [3.8, 4) is 0 Å². The molecular weight excluding hydrogens is 220 g/mol. The van der Waals surface area contributed by atoms with Crippen molar-refractivity contribution >= 4 is 0 Å². The Hall–Kier alpha value is -0.0800. The van der Waals surface area contributed by atoms with E-state index in [1.807, 2.05) is 0 Å². The lowest BCUT2D eigenvalue weighted by molar-refractivity contribution is 0.143. The molecular formula is C16H32N2. The van der Waals surface area contributed by atoms with Crippen molar-refractivity contribution < 1.29 is 0 Å². The topological polar surface area (TPSA) is 15.3 Å². The van der Waals surface area contributed by atoms with Gasteiger partial charge in [-0.1, -0.05) is 33.1 Å². The van der Waals surface area contributed by atoms with Crippen LogP contribution >= 0.6 is 0 Å². The van der Waals surface area contributed by atoms with Gasteiger partial charge in [-0.05, 0) is 51.1 Å². The second-order valence-corrected chi connectivity index (χ2v) is 6.35. The number of rotatable bonds is 6. The Morgan fingerprint density at radius 2 is 1.89 bits per heavy atom. The number of nitrogens with one attached hydrogen (secondary N) is 1. The molecule has 1 saturated carbocycles. The SMILES string of the molecule is CCCNC1CCCCC1N1CCC(CCC)C1. The standard InChI is InChI=1S/C16H32N2/c1-3-7-14-10-12-18(13-14)16-9-6-5-8-15(16)17-11-4-2/h14-17H,3-13H2,1-2H3. The number of likely N-dealkylation sites (tertiary alicyclic amines) is 1. The van der Waals surface area contributed by atoms with E-state index in [1.54, 1.807) is 0 Å². The zero-order valence-corrected chi connectivity index (χ0v) is 12.5. The number of hydrogen-bond acceptors (Lipinski definition) is 2. The lowest BCUT2D eigenvalue weighted by atomic mass is 9.89. The van der Waals surface area contributed by atoms with E-state index in [2.05, 4.69) is 24.1 Å². The minimum Gasteiger partial charge on any atom is -0.312 e. The highest BCUT2D eigenvalue weighted by Crippen LogP contribution is 2.29. The molecule has 0 aromatic heterocycles. The summed E-state index contributed by atoms with van der Waals surface area (Å²) in [6.07, 6.45) is 11.2. The molecule has 3 unspecified atom stereocenters. The highest BCUT2D eigenvalue weighted by molar-refractivity contribution is 4.91. The van der Waals surface area contributed by atoms with Crippen molar-refractivity contribution in [1.82, 2.24) is 10.2 Å². The molecule has 0 amide bonds. The molecule has 0 aromatic rings. The van der Waals surface area contributed by atoms with Gasteiger partial charge in [-0.3, -0.25) is 4.90 Å². The van der Waals surface area contributed by atoms with Crippen molar-refractivity contribution in [2.75, 3.05) is 19.6 Å². The summed E-state index contributed by atoms with van der Waals surface area (Å²) >= 11 is 0. The van der Waals surface area contributed by atoms with Gasteiger partial charge in [0.15, 0.2) is 0 Å². The van der Waals surface area contributed by atoms with Crippen LogP contribution in [0.1, 0.15) is 65.2 Å². The molecule has 1 saturated heterocycles. The van der Waals surface area contributed by atoms with Crippen LogP contribution in [0, 0.1) is 5.92 Å². The van der Waals surface area contributed by atoms with Crippen molar-refractivity contribution in [2.24, 2.45) is 5.92 Å². The molecule has 2 nitrogen and oxygen atoms in total. The van der Waals surface area contributed by atoms with Crippen LogP contribution in [0.2, 0.25) is 0 Å². The van der Waals surface area contributed by atoms with E-state index in [-0.39, 0.29) is 0 Å². The summed E-state index contributed by atoms with van der Waals surface area (Å²) in [5.41, 5.74) is 0. The Kier molecular flexibility index (Phi) is 5.97. The Balaban J connectivity index is 1.84. The van der Waals surface area contributed by atoms with E-state index in [1.165, 1.54) is 71.0 Å². The van der Waals surface area contributed by atoms with Gasteiger partial charge in [-0.15, -0.1) is 0 Å². The third kappa shape index (κ3) is 3.71. The van der Waals surface area contributed by atoms with Crippen LogP contribution in [-0.2, 0) is 0 Å². The van der Waals surface area contributed by atoms with Crippen LogP contribution in [0.4, 0.5) is 0 Å². The molecule has 0 aromatic carbocycles. The van der Waals surface area contributed by atoms with Crippen molar-refractivity contribution in [1.29, 1.82) is 0 Å². The van der Waals surface area contributed by atoms with Gasteiger partial charge < -0.3 is 5.32 Å².